The average Bonchev–Trinajstić information content (AvgIpc) is 2.71. The van der Waals surface area contributed by atoms with E-state index in [9.17, 15) is 9.90 Å². The molecule has 1 fully saturated rings. The van der Waals surface area contributed by atoms with E-state index in [1.807, 2.05) is 0 Å². The molecule has 0 aliphatic carbocycles. The van der Waals surface area contributed by atoms with Crippen LogP contribution in [0.3, 0.4) is 0 Å². The molecule has 2 rings (SSSR count). The van der Waals surface area contributed by atoms with Crippen LogP contribution in [0.15, 0.2) is 18.2 Å². The fourth-order valence-corrected chi connectivity index (χ4v) is 1.91. The molecule has 1 aliphatic rings. The minimum absolute atomic E-state index is 0. The van der Waals surface area contributed by atoms with Crippen LogP contribution >= 0.6 is 12.4 Å². The first kappa shape index (κ1) is 12.8. The smallest absolute Gasteiger partial charge is 0.339 e. The summed E-state index contributed by atoms with van der Waals surface area (Å²) in [5, 5.41) is 21.5. The van der Waals surface area contributed by atoms with Gasteiger partial charge in [0.25, 0.3) is 0 Å². The first-order chi connectivity index (χ1) is 7.18. The number of carboxylic acid groups (broad SMARTS) is 1. The fraction of sp³-hybridized carbons (Fsp3) is 0.364. The summed E-state index contributed by atoms with van der Waals surface area (Å²) in [6.45, 7) is 0.966. The van der Waals surface area contributed by atoms with Crippen LogP contribution in [0.25, 0.3) is 0 Å². The molecule has 0 spiro atoms. The van der Waals surface area contributed by atoms with Gasteiger partial charge < -0.3 is 15.5 Å². The predicted octanol–water partition coefficient (Wildman–Crippen LogP) is 1.94. The van der Waals surface area contributed by atoms with Gasteiger partial charge in [0.05, 0.1) is 0 Å². The lowest BCUT2D eigenvalue weighted by molar-refractivity contribution is 0.0693. The molecule has 3 N–H and O–H groups in total. The Kier molecular flexibility index (Phi) is 4.15. The Hall–Kier alpha value is -1.26. The predicted molar refractivity (Wildman–Crippen MR) is 62.3 cm³/mol. The summed E-state index contributed by atoms with van der Waals surface area (Å²) in [5.74, 6) is -1.27. The first-order valence-electron chi connectivity index (χ1n) is 4.98. The normalized spacial score (nSPS) is 19.1. The minimum atomic E-state index is -1.09. The Morgan fingerprint density at radius 1 is 1.44 bits per heavy atom. The molecule has 0 radical (unpaired) electrons. The van der Waals surface area contributed by atoms with Crippen molar-refractivity contribution in [2.75, 3.05) is 6.54 Å². The molecule has 0 saturated carbocycles. The second kappa shape index (κ2) is 5.18. The Labute approximate surface area is 99.7 Å². The third-order valence-corrected chi connectivity index (χ3v) is 2.71. The molecule has 88 valence electrons. The highest BCUT2D eigenvalue weighted by molar-refractivity contribution is 5.90. The summed E-state index contributed by atoms with van der Waals surface area (Å²) in [5.41, 5.74) is 0.906. The molecule has 1 heterocycles. The fourth-order valence-electron chi connectivity index (χ4n) is 1.91. The van der Waals surface area contributed by atoms with Gasteiger partial charge in [-0.25, -0.2) is 4.79 Å². The highest BCUT2D eigenvalue weighted by atomic mass is 35.5. The maximum absolute atomic E-state index is 10.8. The van der Waals surface area contributed by atoms with E-state index in [2.05, 4.69) is 5.32 Å². The Morgan fingerprint density at radius 3 is 2.75 bits per heavy atom. The second-order valence-corrected chi connectivity index (χ2v) is 3.73. The number of rotatable bonds is 2. The van der Waals surface area contributed by atoms with Crippen LogP contribution < -0.4 is 5.32 Å². The summed E-state index contributed by atoms with van der Waals surface area (Å²) in [4.78, 5) is 10.8. The van der Waals surface area contributed by atoms with Crippen molar-refractivity contribution in [1.29, 1.82) is 0 Å². The van der Waals surface area contributed by atoms with Crippen LogP contribution in [-0.2, 0) is 0 Å². The van der Waals surface area contributed by atoms with E-state index >= 15 is 0 Å². The number of phenols is 1. The summed E-state index contributed by atoms with van der Waals surface area (Å²) in [6, 6.07) is 4.98. The van der Waals surface area contributed by atoms with Gasteiger partial charge in [0, 0.05) is 6.04 Å². The van der Waals surface area contributed by atoms with E-state index < -0.39 is 5.97 Å². The van der Waals surface area contributed by atoms with Crippen LogP contribution in [0.1, 0.15) is 34.8 Å². The molecule has 1 aromatic carbocycles. The number of halogens is 1. The van der Waals surface area contributed by atoms with Crippen LogP contribution in [-0.4, -0.2) is 22.7 Å². The number of carboxylic acids is 1. The molecule has 1 aromatic rings. The van der Waals surface area contributed by atoms with Crippen molar-refractivity contribution >= 4 is 18.4 Å². The van der Waals surface area contributed by atoms with Crippen molar-refractivity contribution in [3.63, 3.8) is 0 Å². The van der Waals surface area contributed by atoms with Gasteiger partial charge in [0.15, 0.2) is 0 Å². The monoisotopic (exact) mass is 243 g/mol. The zero-order chi connectivity index (χ0) is 10.8. The third-order valence-electron chi connectivity index (χ3n) is 2.71. The summed E-state index contributed by atoms with van der Waals surface area (Å²) in [6.07, 6.45) is 2.12. The molecule has 0 bridgehead atoms. The van der Waals surface area contributed by atoms with Crippen molar-refractivity contribution in [3.05, 3.63) is 29.3 Å². The van der Waals surface area contributed by atoms with Gasteiger partial charge in [0.2, 0.25) is 0 Å². The Bertz CT molecular complexity index is 389. The second-order valence-electron chi connectivity index (χ2n) is 3.73. The van der Waals surface area contributed by atoms with Crippen molar-refractivity contribution in [1.82, 2.24) is 5.32 Å². The standard InChI is InChI=1S/C11H13NO3.ClH/c13-10-4-3-7(6-8(10)11(14)15)9-2-1-5-12-9;/h3-4,6,9,12-13H,1-2,5H2,(H,14,15);1H/t9-;/m0./s1. The minimum Gasteiger partial charge on any atom is -0.507 e. The summed E-state index contributed by atoms with van der Waals surface area (Å²) in [7, 11) is 0. The SMILES string of the molecule is Cl.O=C(O)c1cc([C@@H]2CCCN2)ccc1O. The molecule has 0 aromatic heterocycles. The van der Waals surface area contributed by atoms with E-state index in [4.69, 9.17) is 5.11 Å². The Balaban J connectivity index is 0.00000128. The summed E-state index contributed by atoms with van der Waals surface area (Å²) < 4.78 is 0. The van der Waals surface area contributed by atoms with Gasteiger partial charge in [-0.1, -0.05) is 6.07 Å². The van der Waals surface area contributed by atoms with Crippen LogP contribution in [0, 0.1) is 0 Å². The van der Waals surface area contributed by atoms with Crippen LogP contribution in [0.5, 0.6) is 5.75 Å². The summed E-state index contributed by atoms with van der Waals surface area (Å²) >= 11 is 0. The highest BCUT2D eigenvalue weighted by Gasteiger charge is 2.18. The largest absolute Gasteiger partial charge is 0.507 e. The van der Waals surface area contributed by atoms with E-state index in [1.54, 1.807) is 12.1 Å². The van der Waals surface area contributed by atoms with Crippen molar-refractivity contribution in [2.24, 2.45) is 0 Å². The molecule has 4 nitrogen and oxygen atoms in total. The maximum Gasteiger partial charge on any atom is 0.339 e. The molecule has 0 amide bonds. The van der Waals surface area contributed by atoms with E-state index in [0.29, 0.717) is 0 Å². The average molecular weight is 244 g/mol. The van der Waals surface area contributed by atoms with Gasteiger partial charge in [-0.2, -0.15) is 0 Å². The van der Waals surface area contributed by atoms with E-state index in [1.165, 1.54) is 6.07 Å². The molecule has 1 atom stereocenters. The molecule has 1 saturated heterocycles. The number of aromatic carboxylic acids is 1. The number of benzene rings is 1. The van der Waals surface area contributed by atoms with E-state index in [-0.39, 0.29) is 29.8 Å². The molecule has 1 aliphatic heterocycles. The number of nitrogens with one attached hydrogen (secondary N) is 1. The molecular weight excluding hydrogens is 230 g/mol. The Morgan fingerprint density at radius 2 is 2.19 bits per heavy atom. The van der Waals surface area contributed by atoms with Crippen LogP contribution in [0.4, 0.5) is 0 Å². The molecule has 5 heteroatoms. The molecule has 0 unspecified atom stereocenters. The maximum atomic E-state index is 10.8. The van der Waals surface area contributed by atoms with Crippen molar-refractivity contribution in [3.8, 4) is 5.75 Å². The third kappa shape index (κ3) is 2.46. The lowest BCUT2D eigenvalue weighted by atomic mass is 10.0. The van der Waals surface area contributed by atoms with Gasteiger partial charge >= 0.3 is 5.97 Å². The van der Waals surface area contributed by atoms with Gasteiger partial charge in [-0.3, -0.25) is 0 Å². The van der Waals surface area contributed by atoms with Crippen molar-refractivity contribution < 1.29 is 15.0 Å². The highest BCUT2D eigenvalue weighted by Crippen LogP contribution is 2.27. The molecular formula is C11H14ClNO3. The van der Waals surface area contributed by atoms with E-state index in [0.717, 1.165) is 24.9 Å². The van der Waals surface area contributed by atoms with Gasteiger partial charge in [0.1, 0.15) is 11.3 Å². The zero-order valence-corrected chi connectivity index (χ0v) is 9.46. The van der Waals surface area contributed by atoms with Gasteiger partial charge in [-0.05, 0) is 37.1 Å². The number of carbonyl (C=O) groups is 1. The zero-order valence-electron chi connectivity index (χ0n) is 8.64. The lowest BCUT2D eigenvalue weighted by Gasteiger charge is -2.11. The molecule has 16 heavy (non-hydrogen) atoms. The topological polar surface area (TPSA) is 69.6 Å². The van der Waals surface area contributed by atoms with Crippen molar-refractivity contribution in [2.45, 2.75) is 18.9 Å². The quantitative estimate of drug-likeness (QED) is 0.743. The number of aromatic hydroxyl groups is 1. The number of hydrogen-bond donors (Lipinski definition) is 3. The van der Waals surface area contributed by atoms with Crippen LogP contribution in [0.2, 0.25) is 0 Å². The number of hydrogen-bond acceptors (Lipinski definition) is 3. The first-order valence-corrected chi connectivity index (χ1v) is 4.98. The van der Waals surface area contributed by atoms with Gasteiger partial charge in [-0.15, -0.1) is 12.4 Å². The lowest BCUT2D eigenvalue weighted by Crippen LogP contribution is -2.13.